The molecule has 0 saturated heterocycles. The molecule has 5 heteroatoms. The van der Waals surface area contributed by atoms with Crippen LogP contribution in [0.5, 0.6) is 0 Å². The van der Waals surface area contributed by atoms with E-state index >= 15 is 0 Å². The number of carbonyl (C=O) groups excluding carboxylic acids is 1. The first-order valence-corrected chi connectivity index (χ1v) is 8.60. The van der Waals surface area contributed by atoms with E-state index in [1.807, 2.05) is 12.4 Å². The van der Waals surface area contributed by atoms with Crippen molar-refractivity contribution >= 4 is 5.91 Å². The lowest BCUT2D eigenvalue weighted by Crippen LogP contribution is -2.46. The van der Waals surface area contributed by atoms with Crippen molar-refractivity contribution in [3.05, 3.63) is 18.2 Å². The Balaban J connectivity index is 1.68. The maximum Gasteiger partial charge on any atom is 0.226 e. The van der Waals surface area contributed by atoms with Crippen LogP contribution in [0.25, 0.3) is 0 Å². The van der Waals surface area contributed by atoms with Gasteiger partial charge in [-0.1, -0.05) is 12.8 Å². The molecule has 3 rings (SSSR count). The Hall–Kier alpha value is -1.36. The molecule has 1 aliphatic heterocycles. The van der Waals surface area contributed by atoms with Gasteiger partial charge < -0.3 is 14.4 Å². The highest BCUT2D eigenvalue weighted by Gasteiger charge is 2.33. The molecule has 5 nitrogen and oxygen atoms in total. The largest absolute Gasteiger partial charge is 0.338 e. The van der Waals surface area contributed by atoms with Gasteiger partial charge in [-0.15, -0.1) is 0 Å². The number of likely N-dealkylation sites (N-methyl/N-ethyl adjacent to an activating group) is 1. The minimum absolute atomic E-state index is 0.123. The third-order valence-corrected chi connectivity index (χ3v) is 5.14. The normalized spacial score (nSPS) is 22.0. The number of rotatable bonds is 5. The first-order chi connectivity index (χ1) is 10.6. The van der Waals surface area contributed by atoms with E-state index in [-0.39, 0.29) is 5.92 Å². The first kappa shape index (κ1) is 15.5. The quantitative estimate of drug-likeness (QED) is 0.832. The summed E-state index contributed by atoms with van der Waals surface area (Å²) in [5.74, 6) is 1.56. The van der Waals surface area contributed by atoms with Gasteiger partial charge in [0.1, 0.15) is 5.82 Å². The number of hydrogen-bond acceptors (Lipinski definition) is 3. The molecule has 1 saturated carbocycles. The summed E-state index contributed by atoms with van der Waals surface area (Å²) in [5, 5.41) is 0. The fourth-order valence-corrected chi connectivity index (χ4v) is 3.79. The molecule has 2 aliphatic rings. The second-order valence-electron chi connectivity index (χ2n) is 7.00. The van der Waals surface area contributed by atoms with Gasteiger partial charge in [-0.3, -0.25) is 4.79 Å². The second-order valence-corrected chi connectivity index (χ2v) is 7.00. The van der Waals surface area contributed by atoms with Gasteiger partial charge in [0, 0.05) is 50.4 Å². The van der Waals surface area contributed by atoms with E-state index in [2.05, 4.69) is 33.4 Å². The number of nitrogens with zero attached hydrogens (tertiary/aromatic N) is 4. The monoisotopic (exact) mass is 304 g/mol. The van der Waals surface area contributed by atoms with Crippen LogP contribution in [0, 0.1) is 5.92 Å². The number of imidazole rings is 1. The molecule has 0 spiro atoms. The Morgan fingerprint density at radius 1 is 1.27 bits per heavy atom. The second kappa shape index (κ2) is 6.82. The number of amides is 1. The van der Waals surface area contributed by atoms with E-state index in [1.165, 1.54) is 25.7 Å². The molecule has 1 unspecified atom stereocenters. The van der Waals surface area contributed by atoms with Crippen molar-refractivity contribution in [2.75, 3.05) is 27.2 Å². The van der Waals surface area contributed by atoms with Crippen molar-refractivity contribution in [3.8, 4) is 0 Å². The molecule has 0 N–H and O–H groups in total. The van der Waals surface area contributed by atoms with Gasteiger partial charge in [0.2, 0.25) is 5.91 Å². The van der Waals surface area contributed by atoms with Crippen LogP contribution in [0.3, 0.4) is 0 Å². The van der Waals surface area contributed by atoms with Crippen molar-refractivity contribution in [1.29, 1.82) is 0 Å². The fourth-order valence-electron chi connectivity index (χ4n) is 3.79. The predicted octanol–water partition coefficient (Wildman–Crippen LogP) is 1.78. The molecule has 0 radical (unpaired) electrons. The van der Waals surface area contributed by atoms with E-state index in [0.717, 1.165) is 38.3 Å². The van der Waals surface area contributed by atoms with Crippen molar-refractivity contribution in [1.82, 2.24) is 19.4 Å². The zero-order valence-electron chi connectivity index (χ0n) is 13.9. The zero-order valence-corrected chi connectivity index (χ0v) is 13.9. The SMILES string of the molecule is CN(C)CCN(C(=O)C1CCn2ccnc2C1)C1CCCC1. The molecule has 22 heavy (non-hydrogen) atoms. The average molecular weight is 304 g/mol. The summed E-state index contributed by atoms with van der Waals surface area (Å²) in [7, 11) is 4.16. The average Bonchev–Trinajstić information content (AvgIpc) is 3.17. The Labute approximate surface area is 133 Å². The highest BCUT2D eigenvalue weighted by Crippen LogP contribution is 2.27. The van der Waals surface area contributed by atoms with Crippen LogP contribution in [-0.2, 0) is 17.8 Å². The molecule has 1 atom stereocenters. The molecule has 1 aliphatic carbocycles. The molecule has 122 valence electrons. The van der Waals surface area contributed by atoms with Gasteiger partial charge in [0.25, 0.3) is 0 Å². The van der Waals surface area contributed by atoms with E-state index in [1.54, 1.807) is 0 Å². The number of aryl methyl sites for hydroxylation is 1. The summed E-state index contributed by atoms with van der Waals surface area (Å²) in [6.07, 6.45) is 10.5. The lowest BCUT2D eigenvalue weighted by molar-refractivity contribution is -0.138. The molecule has 1 aromatic rings. The standard InChI is InChI=1S/C17H28N4O/c1-19(2)11-12-21(15-5-3-4-6-15)17(22)14-7-9-20-10-8-18-16(20)13-14/h8,10,14-15H,3-7,9,11-13H2,1-2H3. The third kappa shape index (κ3) is 3.35. The van der Waals surface area contributed by atoms with Crippen LogP contribution in [0.1, 0.15) is 37.9 Å². The minimum atomic E-state index is 0.123. The number of carbonyl (C=O) groups is 1. The lowest BCUT2D eigenvalue weighted by atomic mass is 9.95. The summed E-state index contributed by atoms with van der Waals surface area (Å²) in [5.41, 5.74) is 0. The van der Waals surface area contributed by atoms with Gasteiger partial charge in [-0.25, -0.2) is 4.98 Å². The summed E-state index contributed by atoms with van der Waals surface area (Å²) in [4.78, 5) is 21.9. The van der Waals surface area contributed by atoms with Crippen LogP contribution < -0.4 is 0 Å². The Morgan fingerprint density at radius 3 is 2.77 bits per heavy atom. The number of aromatic nitrogens is 2. The highest BCUT2D eigenvalue weighted by atomic mass is 16.2. The van der Waals surface area contributed by atoms with Crippen molar-refractivity contribution < 1.29 is 4.79 Å². The van der Waals surface area contributed by atoms with E-state index in [9.17, 15) is 4.79 Å². The van der Waals surface area contributed by atoms with Gasteiger partial charge in [-0.05, 0) is 33.4 Å². The first-order valence-electron chi connectivity index (χ1n) is 8.60. The Morgan fingerprint density at radius 2 is 2.05 bits per heavy atom. The number of fused-ring (bicyclic) bond motifs is 1. The summed E-state index contributed by atoms with van der Waals surface area (Å²) >= 11 is 0. The van der Waals surface area contributed by atoms with Gasteiger partial charge in [-0.2, -0.15) is 0 Å². The lowest BCUT2D eigenvalue weighted by Gasteiger charge is -2.34. The maximum atomic E-state index is 13.1. The zero-order chi connectivity index (χ0) is 15.5. The van der Waals surface area contributed by atoms with E-state index in [0.29, 0.717) is 11.9 Å². The minimum Gasteiger partial charge on any atom is -0.338 e. The van der Waals surface area contributed by atoms with Gasteiger partial charge >= 0.3 is 0 Å². The smallest absolute Gasteiger partial charge is 0.226 e. The molecule has 1 fully saturated rings. The van der Waals surface area contributed by atoms with Crippen LogP contribution in [-0.4, -0.2) is 58.5 Å². The third-order valence-electron chi connectivity index (χ3n) is 5.14. The summed E-state index contributed by atoms with van der Waals surface area (Å²) < 4.78 is 2.18. The predicted molar refractivity (Wildman–Crippen MR) is 86.6 cm³/mol. The van der Waals surface area contributed by atoms with E-state index in [4.69, 9.17) is 0 Å². The van der Waals surface area contributed by atoms with Gasteiger partial charge in [0.15, 0.2) is 0 Å². The number of hydrogen-bond donors (Lipinski definition) is 0. The van der Waals surface area contributed by atoms with Crippen molar-refractivity contribution in [3.63, 3.8) is 0 Å². The maximum absolute atomic E-state index is 13.1. The molecule has 2 heterocycles. The van der Waals surface area contributed by atoms with Crippen molar-refractivity contribution in [2.24, 2.45) is 5.92 Å². The van der Waals surface area contributed by atoms with Crippen LogP contribution in [0.4, 0.5) is 0 Å². The van der Waals surface area contributed by atoms with Gasteiger partial charge in [0.05, 0.1) is 0 Å². The molecular formula is C17H28N4O. The molecular weight excluding hydrogens is 276 g/mol. The molecule has 1 amide bonds. The highest BCUT2D eigenvalue weighted by molar-refractivity contribution is 5.79. The summed E-state index contributed by atoms with van der Waals surface area (Å²) in [6.45, 7) is 2.74. The Kier molecular flexibility index (Phi) is 4.81. The van der Waals surface area contributed by atoms with Crippen molar-refractivity contribution in [2.45, 2.75) is 51.1 Å². The molecule has 0 aromatic carbocycles. The summed E-state index contributed by atoms with van der Waals surface area (Å²) in [6, 6.07) is 0.467. The molecule has 1 aromatic heterocycles. The van der Waals surface area contributed by atoms with Crippen LogP contribution in [0.15, 0.2) is 12.4 Å². The van der Waals surface area contributed by atoms with E-state index < -0.39 is 0 Å². The Bertz CT molecular complexity index is 505. The van der Waals surface area contributed by atoms with Crippen LogP contribution in [0.2, 0.25) is 0 Å². The molecule has 0 bridgehead atoms. The topological polar surface area (TPSA) is 41.4 Å². The van der Waals surface area contributed by atoms with Crippen LogP contribution >= 0.6 is 0 Å². The fraction of sp³-hybridized carbons (Fsp3) is 0.765.